The first kappa shape index (κ1) is 14.4. The third kappa shape index (κ3) is 3.05. The zero-order valence-corrected chi connectivity index (χ0v) is 12.8. The number of rotatable bonds is 2. The summed E-state index contributed by atoms with van der Waals surface area (Å²) in [5, 5.41) is 0.567. The van der Waals surface area contributed by atoms with Gasteiger partial charge < -0.3 is 9.80 Å². The summed E-state index contributed by atoms with van der Waals surface area (Å²) in [7, 11) is 0. The Bertz CT molecular complexity index is 567. The predicted molar refractivity (Wildman–Crippen MR) is 81.2 cm³/mol. The highest BCUT2D eigenvalue weighted by Gasteiger charge is 2.42. The van der Waals surface area contributed by atoms with Gasteiger partial charge in [-0.2, -0.15) is 0 Å². The molecule has 1 heterocycles. The van der Waals surface area contributed by atoms with Crippen molar-refractivity contribution >= 4 is 23.4 Å². The maximum Gasteiger partial charge on any atom is 0.254 e. The van der Waals surface area contributed by atoms with Crippen LogP contribution in [0.1, 0.15) is 23.7 Å². The molecule has 1 aromatic carbocycles. The van der Waals surface area contributed by atoms with Gasteiger partial charge in [-0.3, -0.25) is 9.59 Å². The van der Waals surface area contributed by atoms with E-state index in [1.54, 1.807) is 29.2 Å². The quantitative estimate of drug-likeness (QED) is 0.841. The maximum absolute atomic E-state index is 12.4. The van der Waals surface area contributed by atoms with Crippen LogP contribution in [0.5, 0.6) is 0 Å². The van der Waals surface area contributed by atoms with Crippen molar-refractivity contribution in [3.05, 3.63) is 34.9 Å². The average molecular weight is 307 g/mol. The van der Waals surface area contributed by atoms with Crippen LogP contribution in [0.25, 0.3) is 0 Å². The van der Waals surface area contributed by atoms with Crippen LogP contribution in [0.4, 0.5) is 0 Å². The Balaban J connectivity index is 1.58. The molecule has 21 heavy (non-hydrogen) atoms. The van der Waals surface area contributed by atoms with Gasteiger partial charge in [-0.1, -0.05) is 24.6 Å². The SMILES string of the molecule is CC1CC1C(=O)N1CCN(C(=O)c2cccc(Cl)c2)CC1. The highest BCUT2D eigenvalue weighted by Crippen LogP contribution is 2.39. The van der Waals surface area contributed by atoms with E-state index in [9.17, 15) is 9.59 Å². The topological polar surface area (TPSA) is 40.6 Å². The number of amides is 2. The normalized spacial score (nSPS) is 24.9. The Morgan fingerprint density at radius 3 is 2.33 bits per heavy atom. The molecule has 5 heteroatoms. The van der Waals surface area contributed by atoms with E-state index in [1.807, 2.05) is 4.90 Å². The highest BCUT2D eigenvalue weighted by atomic mass is 35.5. The summed E-state index contributed by atoms with van der Waals surface area (Å²) in [5.41, 5.74) is 0.609. The fraction of sp³-hybridized carbons (Fsp3) is 0.500. The number of nitrogens with zero attached hydrogens (tertiary/aromatic N) is 2. The molecule has 0 spiro atoms. The van der Waals surface area contributed by atoms with Crippen molar-refractivity contribution in [2.45, 2.75) is 13.3 Å². The zero-order chi connectivity index (χ0) is 15.0. The minimum absolute atomic E-state index is 0.00983. The van der Waals surface area contributed by atoms with Gasteiger partial charge in [0, 0.05) is 42.7 Å². The second kappa shape index (κ2) is 5.68. The minimum Gasteiger partial charge on any atom is -0.339 e. The van der Waals surface area contributed by atoms with Gasteiger partial charge >= 0.3 is 0 Å². The number of hydrogen-bond acceptors (Lipinski definition) is 2. The Hall–Kier alpha value is -1.55. The van der Waals surface area contributed by atoms with E-state index in [4.69, 9.17) is 11.6 Å². The van der Waals surface area contributed by atoms with Crippen molar-refractivity contribution in [3.8, 4) is 0 Å². The average Bonchev–Trinajstić information content (AvgIpc) is 3.23. The fourth-order valence-electron chi connectivity index (χ4n) is 2.83. The second-order valence-corrected chi connectivity index (χ2v) is 6.38. The van der Waals surface area contributed by atoms with Crippen LogP contribution in [-0.4, -0.2) is 47.8 Å². The van der Waals surface area contributed by atoms with Gasteiger partial charge in [0.2, 0.25) is 5.91 Å². The molecule has 2 amide bonds. The number of halogens is 1. The van der Waals surface area contributed by atoms with Crippen molar-refractivity contribution in [3.63, 3.8) is 0 Å². The van der Waals surface area contributed by atoms with Gasteiger partial charge in [-0.25, -0.2) is 0 Å². The molecule has 3 rings (SSSR count). The summed E-state index contributed by atoms with van der Waals surface area (Å²) in [6.45, 7) is 4.57. The van der Waals surface area contributed by atoms with Crippen LogP contribution in [0.2, 0.25) is 5.02 Å². The molecule has 1 aliphatic heterocycles. The van der Waals surface area contributed by atoms with Crippen LogP contribution in [0.3, 0.4) is 0 Å². The lowest BCUT2D eigenvalue weighted by Gasteiger charge is -2.35. The number of carbonyl (C=O) groups excluding carboxylic acids is 2. The number of piperazine rings is 1. The van der Waals surface area contributed by atoms with E-state index in [0.29, 0.717) is 42.7 Å². The Morgan fingerprint density at radius 2 is 1.76 bits per heavy atom. The molecule has 1 aliphatic carbocycles. The maximum atomic E-state index is 12.4. The first-order valence-electron chi connectivity index (χ1n) is 7.40. The summed E-state index contributed by atoms with van der Waals surface area (Å²) >= 11 is 5.92. The number of carbonyl (C=O) groups is 2. The van der Waals surface area contributed by atoms with E-state index in [2.05, 4.69) is 6.92 Å². The molecule has 1 aromatic rings. The predicted octanol–water partition coefficient (Wildman–Crippen LogP) is 2.28. The molecule has 112 valence electrons. The molecule has 0 aromatic heterocycles. The fourth-order valence-corrected chi connectivity index (χ4v) is 3.02. The smallest absolute Gasteiger partial charge is 0.254 e. The third-order valence-electron chi connectivity index (χ3n) is 4.38. The largest absolute Gasteiger partial charge is 0.339 e. The van der Waals surface area contributed by atoms with Crippen LogP contribution in [0, 0.1) is 11.8 Å². The van der Waals surface area contributed by atoms with Gasteiger partial charge in [0.25, 0.3) is 5.91 Å². The summed E-state index contributed by atoms with van der Waals surface area (Å²) < 4.78 is 0. The molecular weight excluding hydrogens is 288 g/mol. The van der Waals surface area contributed by atoms with Crippen molar-refractivity contribution in [1.82, 2.24) is 9.80 Å². The van der Waals surface area contributed by atoms with Gasteiger partial charge in [0.1, 0.15) is 0 Å². The molecule has 2 fully saturated rings. The van der Waals surface area contributed by atoms with Crippen LogP contribution >= 0.6 is 11.6 Å². The second-order valence-electron chi connectivity index (χ2n) is 5.95. The van der Waals surface area contributed by atoms with Crippen molar-refractivity contribution in [2.24, 2.45) is 11.8 Å². The number of benzene rings is 1. The van der Waals surface area contributed by atoms with Gasteiger partial charge in [0.05, 0.1) is 0 Å². The van der Waals surface area contributed by atoms with E-state index < -0.39 is 0 Å². The molecule has 0 bridgehead atoms. The lowest BCUT2D eigenvalue weighted by atomic mass is 10.1. The molecular formula is C16H19ClN2O2. The Labute approximate surface area is 129 Å². The molecule has 2 aliphatic rings. The molecule has 0 radical (unpaired) electrons. The minimum atomic E-state index is -0.00983. The molecule has 4 nitrogen and oxygen atoms in total. The van der Waals surface area contributed by atoms with E-state index in [1.165, 1.54) is 0 Å². The van der Waals surface area contributed by atoms with Crippen molar-refractivity contribution in [1.29, 1.82) is 0 Å². The molecule has 0 N–H and O–H groups in total. The van der Waals surface area contributed by atoms with Crippen molar-refractivity contribution in [2.75, 3.05) is 26.2 Å². The highest BCUT2D eigenvalue weighted by molar-refractivity contribution is 6.30. The van der Waals surface area contributed by atoms with E-state index in [0.717, 1.165) is 6.42 Å². The lowest BCUT2D eigenvalue weighted by Crippen LogP contribution is -2.51. The lowest BCUT2D eigenvalue weighted by molar-refractivity contribution is -0.134. The summed E-state index contributed by atoms with van der Waals surface area (Å²) in [4.78, 5) is 28.3. The molecule has 2 atom stereocenters. The zero-order valence-electron chi connectivity index (χ0n) is 12.1. The molecule has 1 saturated carbocycles. The third-order valence-corrected chi connectivity index (χ3v) is 4.61. The Morgan fingerprint density at radius 1 is 1.14 bits per heavy atom. The van der Waals surface area contributed by atoms with Crippen molar-refractivity contribution < 1.29 is 9.59 Å². The van der Waals surface area contributed by atoms with Gasteiger partial charge in [-0.15, -0.1) is 0 Å². The summed E-state index contributed by atoms with van der Waals surface area (Å²) in [6, 6.07) is 7.00. The summed E-state index contributed by atoms with van der Waals surface area (Å²) in [5.74, 6) is 1.01. The van der Waals surface area contributed by atoms with Gasteiger partial charge in [0.15, 0.2) is 0 Å². The van der Waals surface area contributed by atoms with Gasteiger partial charge in [-0.05, 0) is 30.5 Å². The Kier molecular flexibility index (Phi) is 3.89. The monoisotopic (exact) mass is 306 g/mol. The van der Waals surface area contributed by atoms with Crippen LogP contribution in [0.15, 0.2) is 24.3 Å². The summed E-state index contributed by atoms with van der Waals surface area (Å²) in [6.07, 6.45) is 1.01. The van der Waals surface area contributed by atoms with E-state index >= 15 is 0 Å². The standard InChI is InChI=1S/C16H19ClN2O2/c1-11-9-14(11)16(21)19-7-5-18(6-8-19)15(20)12-3-2-4-13(17)10-12/h2-4,10-11,14H,5-9H2,1H3. The van der Waals surface area contributed by atoms with Crippen LogP contribution < -0.4 is 0 Å². The van der Waals surface area contributed by atoms with Crippen LogP contribution in [-0.2, 0) is 4.79 Å². The first-order valence-corrected chi connectivity index (χ1v) is 7.77. The molecule has 1 saturated heterocycles. The van der Waals surface area contributed by atoms with E-state index in [-0.39, 0.29) is 17.7 Å². The molecule has 2 unspecified atom stereocenters. The number of hydrogen-bond donors (Lipinski definition) is 0. The first-order chi connectivity index (χ1) is 10.1.